The number of carbonyl (C=O) groups is 1. The van der Waals surface area contributed by atoms with Crippen LogP contribution in [0.15, 0.2) is 0 Å². The third-order valence-electron chi connectivity index (χ3n) is 1.51. The fourth-order valence-electron chi connectivity index (χ4n) is 0.900. The Hall–Kier alpha value is -0.370. The minimum atomic E-state index is 0.217. The van der Waals surface area contributed by atoms with Gasteiger partial charge in [-0.05, 0) is 32.2 Å². The molecule has 11 heavy (non-hydrogen) atoms. The predicted octanol–water partition coefficient (Wildman–Crippen LogP) is 1.60. The molecule has 0 saturated heterocycles. The molecule has 0 unspecified atom stereocenters. The zero-order chi connectivity index (χ0) is 8.69. The molecule has 0 spiro atoms. The molecule has 1 N–H and O–H groups in total. The third kappa shape index (κ3) is 9.63. The lowest BCUT2D eigenvalue weighted by Crippen LogP contribution is -2.22. The third-order valence-corrected chi connectivity index (χ3v) is 1.51. The summed E-state index contributed by atoms with van der Waals surface area (Å²) in [6.45, 7) is 7.53. The summed E-state index contributed by atoms with van der Waals surface area (Å²) in [5, 5.41) is 3.09. The van der Waals surface area contributed by atoms with Crippen molar-refractivity contribution in [3.63, 3.8) is 0 Å². The molecule has 0 bridgehead atoms. The monoisotopic (exact) mass is 157 g/mol. The summed E-state index contributed by atoms with van der Waals surface area (Å²) in [7, 11) is 0. The zero-order valence-electron chi connectivity index (χ0n) is 7.81. The fraction of sp³-hybridized carbons (Fsp3) is 0.889. The molecule has 0 aromatic carbocycles. The first-order valence-electron chi connectivity index (χ1n) is 4.33. The minimum Gasteiger partial charge on any atom is -0.310 e. The van der Waals surface area contributed by atoms with Crippen LogP contribution in [0, 0.1) is 5.92 Å². The second kappa shape index (κ2) is 6.35. The van der Waals surface area contributed by atoms with E-state index in [2.05, 4.69) is 19.2 Å². The van der Waals surface area contributed by atoms with Crippen molar-refractivity contribution in [1.82, 2.24) is 5.32 Å². The Morgan fingerprint density at radius 2 is 2.09 bits per heavy atom. The maximum Gasteiger partial charge on any atom is 0.143 e. The predicted molar refractivity (Wildman–Crippen MR) is 47.6 cm³/mol. The Labute approximate surface area is 69.4 Å². The quantitative estimate of drug-likeness (QED) is 0.593. The molecule has 0 aromatic rings. The summed E-state index contributed by atoms with van der Waals surface area (Å²) in [4.78, 5) is 10.5. The van der Waals surface area contributed by atoms with Gasteiger partial charge in [-0.1, -0.05) is 13.8 Å². The van der Waals surface area contributed by atoms with E-state index in [1.807, 2.05) is 0 Å². The summed E-state index contributed by atoms with van der Waals surface area (Å²) < 4.78 is 0. The summed E-state index contributed by atoms with van der Waals surface area (Å²) in [5.41, 5.74) is 0. The van der Waals surface area contributed by atoms with Crippen LogP contribution in [0.1, 0.15) is 33.6 Å². The van der Waals surface area contributed by atoms with Gasteiger partial charge in [0.1, 0.15) is 5.78 Å². The van der Waals surface area contributed by atoms with Gasteiger partial charge in [0, 0.05) is 0 Å². The van der Waals surface area contributed by atoms with E-state index in [1.165, 1.54) is 12.8 Å². The largest absolute Gasteiger partial charge is 0.310 e. The number of Topliss-reactive ketones (excluding diaryl/α,β-unsaturated/α-hetero) is 1. The highest BCUT2D eigenvalue weighted by Gasteiger charge is 1.94. The van der Waals surface area contributed by atoms with Gasteiger partial charge in [0.25, 0.3) is 0 Å². The first-order chi connectivity index (χ1) is 5.13. The Balaban J connectivity index is 2.97. The standard InChI is InChI=1S/C9H19NO/c1-8(2)5-4-6-10-7-9(3)11/h8,10H,4-7H2,1-3H3. The molecule has 0 fully saturated rings. The van der Waals surface area contributed by atoms with Crippen molar-refractivity contribution >= 4 is 5.78 Å². The van der Waals surface area contributed by atoms with Crippen molar-refractivity contribution in [3.8, 4) is 0 Å². The maximum atomic E-state index is 10.5. The van der Waals surface area contributed by atoms with Gasteiger partial charge in [-0.25, -0.2) is 0 Å². The second-order valence-corrected chi connectivity index (χ2v) is 3.41. The summed E-state index contributed by atoms with van der Waals surface area (Å²) in [6, 6.07) is 0. The molecule has 0 amide bonds. The van der Waals surface area contributed by atoms with Crippen LogP contribution in [0.5, 0.6) is 0 Å². The first kappa shape index (κ1) is 10.6. The summed E-state index contributed by atoms with van der Waals surface area (Å²) >= 11 is 0. The summed E-state index contributed by atoms with van der Waals surface area (Å²) in [6.07, 6.45) is 2.41. The molecule has 0 aromatic heterocycles. The van der Waals surface area contributed by atoms with E-state index >= 15 is 0 Å². The van der Waals surface area contributed by atoms with Crippen LogP contribution in [-0.4, -0.2) is 18.9 Å². The average Bonchev–Trinajstić information content (AvgIpc) is 1.85. The first-order valence-corrected chi connectivity index (χ1v) is 4.33. The van der Waals surface area contributed by atoms with E-state index in [9.17, 15) is 4.79 Å². The molecule has 0 aliphatic rings. The van der Waals surface area contributed by atoms with Crippen molar-refractivity contribution in [1.29, 1.82) is 0 Å². The number of hydrogen-bond donors (Lipinski definition) is 1. The van der Waals surface area contributed by atoms with Gasteiger partial charge >= 0.3 is 0 Å². The molecular formula is C9H19NO. The zero-order valence-corrected chi connectivity index (χ0v) is 7.81. The molecule has 0 heterocycles. The van der Waals surface area contributed by atoms with Crippen molar-refractivity contribution in [2.24, 2.45) is 5.92 Å². The van der Waals surface area contributed by atoms with Gasteiger partial charge in [-0.2, -0.15) is 0 Å². The smallest absolute Gasteiger partial charge is 0.143 e. The van der Waals surface area contributed by atoms with Crippen LogP contribution < -0.4 is 5.32 Å². The van der Waals surface area contributed by atoms with Crippen LogP contribution in [0.3, 0.4) is 0 Å². The van der Waals surface area contributed by atoms with Gasteiger partial charge in [-0.3, -0.25) is 4.79 Å². The van der Waals surface area contributed by atoms with Crippen molar-refractivity contribution in [3.05, 3.63) is 0 Å². The van der Waals surface area contributed by atoms with Gasteiger partial charge in [0.05, 0.1) is 6.54 Å². The van der Waals surface area contributed by atoms with Crippen LogP contribution in [-0.2, 0) is 4.79 Å². The maximum absolute atomic E-state index is 10.5. The van der Waals surface area contributed by atoms with Crippen molar-refractivity contribution in [2.75, 3.05) is 13.1 Å². The number of rotatable bonds is 6. The Morgan fingerprint density at radius 1 is 1.45 bits per heavy atom. The molecule has 0 aliphatic heterocycles. The minimum absolute atomic E-state index is 0.217. The number of ketones is 1. The van der Waals surface area contributed by atoms with E-state index in [0.29, 0.717) is 6.54 Å². The van der Waals surface area contributed by atoms with Crippen LogP contribution in [0.4, 0.5) is 0 Å². The van der Waals surface area contributed by atoms with Gasteiger partial charge < -0.3 is 5.32 Å². The Kier molecular flexibility index (Phi) is 6.13. The molecule has 0 rings (SSSR count). The highest BCUT2D eigenvalue weighted by Crippen LogP contribution is 2.01. The highest BCUT2D eigenvalue weighted by molar-refractivity contribution is 5.77. The second-order valence-electron chi connectivity index (χ2n) is 3.41. The average molecular weight is 157 g/mol. The van der Waals surface area contributed by atoms with Crippen molar-refractivity contribution in [2.45, 2.75) is 33.6 Å². The van der Waals surface area contributed by atoms with E-state index in [-0.39, 0.29) is 5.78 Å². The topological polar surface area (TPSA) is 29.1 Å². The molecule has 0 aliphatic carbocycles. The number of hydrogen-bond acceptors (Lipinski definition) is 2. The molecule has 2 heteroatoms. The van der Waals surface area contributed by atoms with E-state index in [1.54, 1.807) is 6.92 Å². The normalized spacial score (nSPS) is 10.5. The molecule has 66 valence electrons. The molecule has 0 atom stereocenters. The Morgan fingerprint density at radius 3 is 2.55 bits per heavy atom. The lowest BCUT2D eigenvalue weighted by molar-refractivity contribution is -0.116. The molecule has 0 radical (unpaired) electrons. The van der Waals surface area contributed by atoms with Crippen molar-refractivity contribution < 1.29 is 4.79 Å². The van der Waals surface area contributed by atoms with E-state index in [4.69, 9.17) is 0 Å². The molecule has 2 nitrogen and oxygen atoms in total. The lowest BCUT2D eigenvalue weighted by atomic mass is 10.1. The summed E-state index contributed by atoms with van der Waals surface area (Å²) in [5.74, 6) is 0.990. The van der Waals surface area contributed by atoms with Gasteiger partial charge in [0.2, 0.25) is 0 Å². The highest BCUT2D eigenvalue weighted by atomic mass is 16.1. The van der Waals surface area contributed by atoms with Crippen LogP contribution >= 0.6 is 0 Å². The number of nitrogens with one attached hydrogen (secondary N) is 1. The van der Waals surface area contributed by atoms with E-state index in [0.717, 1.165) is 12.5 Å². The fourth-order valence-corrected chi connectivity index (χ4v) is 0.900. The SMILES string of the molecule is CC(=O)CNCCCC(C)C. The number of carbonyl (C=O) groups excluding carboxylic acids is 1. The van der Waals surface area contributed by atoms with Crippen LogP contribution in [0.2, 0.25) is 0 Å². The lowest BCUT2D eigenvalue weighted by Gasteiger charge is -2.04. The van der Waals surface area contributed by atoms with Crippen LogP contribution in [0.25, 0.3) is 0 Å². The Bertz CT molecular complexity index is 110. The molecule has 0 saturated carbocycles. The van der Waals surface area contributed by atoms with Gasteiger partial charge in [-0.15, -0.1) is 0 Å². The van der Waals surface area contributed by atoms with E-state index < -0.39 is 0 Å². The molecular weight excluding hydrogens is 138 g/mol. The van der Waals surface area contributed by atoms with Gasteiger partial charge in [0.15, 0.2) is 0 Å².